The van der Waals surface area contributed by atoms with Gasteiger partial charge in [0.1, 0.15) is 23.9 Å². The lowest BCUT2D eigenvalue weighted by Gasteiger charge is -2.05. The van der Waals surface area contributed by atoms with Gasteiger partial charge < -0.3 is 13.9 Å². The minimum Gasteiger partial charge on any atom is -0.497 e. The predicted octanol–water partition coefficient (Wildman–Crippen LogP) is 4.28. The molecule has 1 amide bonds. The van der Waals surface area contributed by atoms with Gasteiger partial charge in [-0.1, -0.05) is 23.7 Å². The van der Waals surface area contributed by atoms with Crippen LogP contribution in [0, 0.1) is 0 Å². The highest BCUT2D eigenvalue weighted by molar-refractivity contribution is 6.32. The summed E-state index contributed by atoms with van der Waals surface area (Å²) < 4.78 is 16.1. The fraction of sp³-hybridized carbons (Fsp3) is 0.100. The van der Waals surface area contributed by atoms with Gasteiger partial charge in [-0.2, -0.15) is 5.10 Å². The molecule has 0 aliphatic heterocycles. The van der Waals surface area contributed by atoms with E-state index in [0.29, 0.717) is 16.5 Å². The second kappa shape index (κ2) is 8.91. The molecule has 1 N–H and O–H groups in total. The number of hydrazone groups is 1. The molecular formula is C20H17ClN2O4. The van der Waals surface area contributed by atoms with E-state index in [1.807, 2.05) is 24.3 Å². The maximum atomic E-state index is 12.1. The van der Waals surface area contributed by atoms with Crippen LogP contribution < -0.4 is 14.9 Å². The van der Waals surface area contributed by atoms with Crippen LogP contribution in [0.15, 0.2) is 70.2 Å². The highest BCUT2D eigenvalue weighted by Crippen LogP contribution is 2.24. The van der Waals surface area contributed by atoms with E-state index in [4.69, 9.17) is 25.5 Å². The van der Waals surface area contributed by atoms with E-state index in [0.717, 1.165) is 11.3 Å². The summed E-state index contributed by atoms with van der Waals surface area (Å²) >= 11 is 6.03. The molecule has 138 valence electrons. The summed E-state index contributed by atoms with van der Waals surface area (Å²) in [6.07, 6.45) is 1.53. The fourth-order valence-corrected chi connectivity index (χ4v) is 2.39. The van der Waals surface area contributed by atoms with Gasteiger partial charge in [0, 0.05) is 0 Å². The second-order valence-electron chi connectivity index (χ2n) is 5.46. The van der Waals surface area contributed by atoms with Gasteiger partial charge in [0.2, 0.25) is 0 Å². The van der Waals surface area contributed by atoms with Crippen molar-refractivity contribution in [1.29, 1.82) is 0 Å². The first-order chi connectivity index (χ1) is 13.2. The maximum Gasteiger partial charge on any atom is 0.307 e. The fourth-order valence-electron chi connectivity index (χ4n) is 2.20. The summed E-state index contributed by atoms with van der Waals surface area (Å²) in [7, 11) is 1.60. The monoisotopic (exact) mass is 384 g/mol. The lowest BCUT2D eigenvalue weighted by atomic mass is 10.2. The van der Waals surface area contributed by atoms with Crippen molar-refractivity contribution in [2.75, 3.05) is 7.11 Å². The third-order valence-corrected chi connectivity index (χ3v) is 3.90. The predicted molar refractivity (Wildman–Crippen MR) is 103 cm³/mol. The lowest BCUT2D eigenvalue weighted by molar-refractivity contribution is 0.0923. The topological polar surface area (TPSA) is 73.1 Å². The number of methoxy groups -OCH3 is 1. The maximum absolute atomic E-state index is 12.1. The highest BCUT2D eigenvalue weighted by atomic mass is 35.5. The molecule has 0 unspecified atom stereocenters. The Kier molecular flexibility index (Phi) is 6.12. The van der Waals surface area contributed by atoms with Crippen LogP contribution >= 0.6 is 11.6 Å². The summed E-state index contributed by atoms with van der Waals surface area (Å²) in [5.41, 5.74) is 3.24. The number of hydrogen-bond acceptors (Lipinski definition) is 5. The third-order valence-electron chi connectivity index (χ3n) is 3.59. The van der Waals surface area contributed by atoms with Crippen LogP contribution in [0.2, 0.25) is 5.02 Å². The van der Waals surface area contributed by atoms with Crippen molar-refractivity contribution in [3.05, 3.63) is 82.8 Å². The van der Waals surface area contributed by atoms with Gasteiger partial charge in [-0.15, -0.1) is 0 Å². The number of nitrogens with zero attached hydrogens (tertiary/aromatic N) is 1. The van der Waals surface area contributed by atoms with Crippen LogP contribution in [0.5, 0.6) is 11.5 Å². The van der Waals surface area contributed by atoms with Gasteiger partial charge in [0.15, 0.2) is 5.76 Å². The van der Waals surface area contributed by atoms with Gasteiger partial charge >= 0.3 is 5.91 Å². The first-order valence-corrected chi connectivity index (χ1v) is 8.47. The SMILES string of the molecule is COc1ccc(C=NNC(=O)c2ccc(COc3ccccc3Cl)o2)cc1. The first-order valence-electron chi connectivity index (χ1n) is 8.09. The quantitative estimate of drug-likeness (QED) is 0.487. The Balaban J connectivity index is 1.53. The van der Waals surface area contributed by atoms with E-state index >= 15 is 0 Å². The number of para-hydroxylation sites is 1. The Labute approximate surface area is 161 Å². The van der Waals surface area contributed by atoms with Crippen LogP contribution in [-0.2, 0) is 6.61 Å². The average Bonchev–Trinajstić information content (AvgIpc) is 3.17. The molecule has 6 nitrogen and oxygen atoms in total. The molecule has 0 atom stereocenters. The number of carbonyl (C=O) groups excluding carboxylic acids is 1. The number of furan rings is 1. The van der Waals surface area contributed by atoms with Crippen molar-refractivity contribution >= 4 is 23.7 Å². The molecule has 0 radical (unpaired) electrons. The average molecular weight is 385 g/mol. The molecule has 0 aliphatic rings. The van der Waals surface area contributed by atoms with E-state index in [2.05, 4.69) is 10.5 Å². The molecule has 0 saturated heterocycles. The van der Waals surface area contributed by atoms with Crippen LogP contribution in [0.25, 0.3) is 0 Å². The zero-order valence-electron chi connectivity index (χ0n) is 14.5. The van der Waals surface area contributed by atoms with Crippen LogP contribution in [0.1, 0.15) is 21.9 Å². The van der Waals surface area contributed by atoms with Gasteiger partial charge in [0.05, 0.1) is 18.3 Å². The Bertz CT molecular complexity index is 935. The molecule has 27 heavy (non-hydrogen) atoms. The van der Waals surface area contributed by atoms with Crippen molar-refractivity contribution in [3.63, 3.8) is 0 Å². The van der Waals surface area contributed by atoms with Gasteiger partial charge in [0.25, 0.3) is 0 Å². The summed E-state index contributed by atoms with van der Waals surface area (Å²) in [6.45, 7) is 0.159. The molecule has 1 aromatic heterocycles. The molecule has 0 fully saturated rings. The number of carbonyl (C=O) groups is 1. The van der Waals surface area contributed by atoms with E-state index < -0.39 is 5.91 Å². The number of halogens is 1. The van der Waals surface area contributed by atoms with Crippen molar-refractivity contribution < 1.29 is 18.7 Å². The van der Waals surface area contributed by atoms with E-state index in [9.17, 15) is 4.79 Å². The zero-order valence-corrected chi connectivity index (χ0v) is 15.3. The van der Waals surface area contributed by atoms with Crippen LogP contribution in [0.3, 0.4) is 0 Å². The molecule has 0 spiro atoms. The Morgan fingerprint density at radius 2 is 1.93 bits per heavy atom. The lowest BCUT2D eigenvalue weighted by Crippen LogP contribution is -2.16. The number of hydrogen-bond donors (Lipinski definition) is 1. The Morgan fingerprint density at radius 3 is 2.67 bits per heavy atom. The molecule has 3 aromatic rings. The number of rotatable bonds is 7. The second-order valence-corrected chi connectivity index (χ2v) is 5.86. The molecule has 0 bridgehead atoms. The van der Waals surface area contributed by atoms with Crippen molar-refractivity contribution in [1.82, 2.24) is 5.43 Å². The molecule has 0 aliphatic carbocycles. The number of amides is 1. The minimum atomic E-state index is -0.455. The smallest absolute Gasteiger partial charge is 0.307 e. The van der Waals surface area contributed by atoms with Crippen molar-refractivity contribution in [3.8, 4) is 11.5 Å². The zero-order chi connectivity index (χ0) is 19.1. The van der Waals surface area contributed by atoms with E-state index in [-0.39, 0.29) is 12.4 Å². The minimum absolute atomic E-state index is 0.139. The van der Waals surface area contributed by atoms with Crippen LogP contribution in [0.4, 0.5) is 0 Å². The number of ether oxygens (including phenoxy) is 2. The molecule has 1 heterocycles. The largest absolute Gasteiger partial charge is 0.497 e. The summed E-state index contributed by atoms with van der Waals surface area (Å²) in [5.74, 6) is 1.48. The standard InChI is InChI=1S/C20H17ClN2O4/c1-25-15-8-6-14(7-9-15)12-22-23-20(24)19-11-10-16(27-19)13-26-18-5-3-2-4-17(18)21/h2-12H,13H2,1H3,(H,23,24). The van der Waals surface area contributed by atoms with E-state index in [1.54, 1.807) is 43.5 Å². The summed E-state index contributed by atoms with van der Waals surface area (Å²) in [6, 6.07) is 17.6. The van der Waals surface area contributed by atoms with Gasteiger partial charge in [-0.3, -0.25) is 4.79 Å². The highest BCUT2D eigenvalue weighted by Gasteiger charge is 2.11. The molecule has 0 saturated carbocycles. The summed E-state index contributed by atoms with van der Waals surface area (Å²) in [4.78, 5) is 12.1. The van der Waals surface area contributed by atoms with Crippen molar-refractivity contribution in [2.45, 2.75) is 6.61 Å². The molecule has 3 rings (SSSR count). The van der Waals surface area contributed by atoms with E-state index in [1.165, 1.54) is 6.21 Å². The van der Waals surface area contributed by atoms with Crippen molar-refractivity contribution in [2.24, 2.45) is 5.10 Å². The number of benzene rings is 2. The normalized spacial score (nSPS) is 10.7. The van der Waals surface area contributed by atoms with Gasteiger partial charge in [-0.05, 0) is 54.1 Å². The third kappa shape index (κ3) is 5.12. The number of nitrogens with one attached hydrogen (secondary N) is 1. The molecule has 7 heteroatoms. The molecule has 2 aromatic carbocycles. The van der Waals surface area contributed by atoms with Gasteiger partial charge in [-0.25, -0.2) is 5.43 Å². The summed E-state index contributed by atoms with van der Waals surface area (Å²) in [5, 5.41) is 4.42. The van der Waals surface area contributed by atoms with Crippen LogP contribution in [-0.4, -0.2) is 19.2 Å². The first kappa shape index (κ1) is 18.5. The Morgan fingerprint density at radius 1 is 1.15 bits per heavy atom. The Hall–Kier alpha value is -3.25. The molecular weight excluding hydrogens is 368 g/mol.